The third kappa shape index (κ3) is 16.5. The normalized spacial score (nSPS) is 14.0. The first-order chi connectivity index (χ1) is 19.4. The van der Waals surface area contributed by atoms with Gasteiger partial charge < -0.3 is 26.6 Å². The van der Waals surface area contributed by atoms with Crippen molar-refractivity contribution in [1.82, 2.24) is 0 Å². The first kappa shape index (κ1) is 39.9. The lowest BCUT2D eigenvalue weighted by Crippen LogP contribution is -2.45. The third-order valence-corrected chi connectivity index (χ3v) is 13.8. The summed E-state index contributed by atoms with van der Waals surface area (Å²) in [6, 6.07) is 1.76. The van der Waals surface area contributed by atoms with Crippen molar-refractivity contribution in [3.8, 4) is 0 Å². The van der Waals surface area contributed by atoms with Crippen molar-refractivity contribution in [3.63, 3.8) is 0 Å². The van der Waals surface area contributed by atoms with E-state index >= 15 is 0 Å². The standard InChI is InChI=1S/C31H66O7Si2/c1-9-29(25-21-17-19-23-27-39(33-11-3,34-12-4)35-13-5)31(32)30(10-2)26-22-18-20-24-28-40(36-14-6,37-15-7)38-16-8/h29-30H,9-28H2,1-8H3. The molecule has 0 aliphatic rings. The Morgan fingerprint density at radius 2 is 0.725 bits per heavy atom. The molecular weight excluding hydrogens is 541 g/mol. The topological polar surface area (TPSA) is 72.5 Å². The summed E-state index contributed by atoms with van der Waals surface area (Å²) in [5, 5.41) is 0. The fraction of sp³-hybridized carbons (Fsp3) is 0.968. The maximum atomic E-state index is 13.4. The van der Waals surface area contributed by atoms with Crippen LogP contribution in [0.4, 0.5) is 0 Å². The maximum Gasteiger partial charge on any atom is 0.500 e. The highest BCUT2D eigenvalue weighted by Gasteiger charge is 2.40. The molecule has 0 fully saturated rings. The molecule has 0 spiro atoms. The van der Waals surface area contributed by atoms with Gasteiger partial charge in [-0.3, -0.25) is 4.79 Å². The molecule has 7 nitrogen and oxygen atoms in total. The van der Waals surface area contributed by atoms with Crippen molar-refractivity contribution in [2.24, 2.45) is 11.8 Å². The molecular formula is C31H66O7Si2. The van der Waals surface area contributed by atoms with Gasteiger partial charge in [0.05, 0.1) is 0 Å². The molecule has 0 bridgehead atoms. The van der Waals surface area contributed by atoms with Crippen molar-refractivity contribution in [1.29, 1.82) is 0 Å². The summed E-state index contributed by atoms with van der Waals surface area (Å²) < 4.78 is 35.9. The van der Waals surface area contributed by atoms with E-state index in [1.807, 2.05) is 41.5 Å². The van der Waals surface area contributed by atoms with Crippen LogP contribution in [0.3, 0.4) is 0 Å². The van der Waals surface area contributed by atoms with Crippen LogP contribution in [0.1, 0.15) is 132 Å². The predicted octanol–water partition coefficient (Wildman–Crippen LogP) is 8.61. The molecule has 0 N–H and O–H groups in total. The van der Waals surface area contributed by atoms with E-state index in [9.17, 15) is 4.79 Å². The molecule has 0 aliphatic heterocycles. The van der Waals surface area contributed by atoms with Gasteiger partial charge in [-0.25, -0.2) is 0 Å². The second-order valence-corrected chi connectivity index (χ2v) is 15.9. The molecule has 0 amide bonds. The summed E-state index contributed by atoms with van der Waals surface area (Å²) in [4.78, 5) is 13.4. The maximum absolute atomic E-state index is 13.4. The SMILES string of the molecule is CCO[Si](CCCCCCC(CC)C(=O)C(CC)CCCCCC[Si](OCC)(OCC)OCC)(OCC)OCC. The smallest absolute Gasteiger partial charge is 0.374 e. The van der Waals surface area contributed by atoms with Crippen LogP contribution < -0.4 is 0 Å². The molecule has 0 saturated heterocycles. The summed E-state index contributed by atoms with van der Waals surface area (Å²) >= 11 is 0. The number of carbonyl (C=O) groups is 1. The predicted molar refractivity (Wildman–Crippen MR) is 170 cm³/mol. The molecule has 0 rings (SSSR count). The van der Waals surface area contributed by atoms with Crippen molar-refractivity contribution < 1.29 is 31.4 Å². The number of rotatable bonds is 30. The van der Waals surface area contributed by atoms with E-state index in [4.69, 9.17) is 26.6 Å². The van der Waals surface area contributed by atoms with Crippen LogP contribution in [-0.2, 0) is 31.4 Å². The Hall–Kier alpha value is -0.136. The largest absolute Gasteiger partial charge is 0.500 e. The van der Waals surface area contributed by atoms with Crippen LogP contribution in [-0.4, -0.2) is 63.0 Å². The Morgan fingerprint density at radius 3 is 0.975 bits per heavy atom. The van der Waals surface area contributed by atoms with Crippen molar-refractivity contribution >= 4 is 23.4 Å². The summed E-state index contributed by atoms with van der Waals surface area (Å²) in [5.41, 5.74) is 0. The lowest BCUT2D eigenvalue weighted by Gasteiger charge is -2.28. The first-order valence-corrected chi connectivity index (χ1v) is 20.6. The van der Waals surface area contributed by atoms with Gasteiger partial charge in [-0.15, -0.1) is 0 Å². The average Bonchev–Trinajstić information content (AvgIpc) is 2.93. The number of carbonyl (C=O) groups excluding carboxylic acids is 1. The number of ketones is 1. The van der Waals surface area contributed by atoms with E-state index in [2.05, 4.69) is 13.8 Å². The molecule has 0 aromatic rings. The minimum Gasteiger partial charge on any atom is -0.374 e. The Balaban J connectivity index is 4.46. The van der Waals surface area contributed by atoms with Gasteiger partial charge in [0, 0.05) is 63.6 Å². The van der Waals surface area contributed by atoms with E-state index in [-0.39, 0.29) is 11.8 Å². The fourth-order valence-corrected chi connectivity index (χ4v) is 11.0. The molecule has 2 unspecified atom stereocenters. The molecule has 9 heteroatoms. The average molecular weight is 607 g/mol. The molecule has 0 radical (unpaired) electrons. The van der Waals surface area contributed by atoms with Gasteiger partial charge in [0.15, 0.2) is 0 Å². The Bertz CT molecular complexity index is 512. The van der Waals surface area contributed by atoms with Crippen LogP contribution >= 0.6 is 0 Å². The second kappa shape index (κ2) is 25.4. The lowest BCUT2D eigenvalue weighted by molar-refractivity contribution is -0.127. The van der Waals surface area contributed by atoms with E-state index in [0.717, 1.165) is 89.1 Å². The highest BCUT2D eigenvalue weighted by molar-refractivity contribution is 6.61. The van der Waals surface area contributed by atoms with Crippen LogP contribution in [0.2, 0.25) is 12.1 Å². The van der Waals surface area contributed by atoms with Gasteiger partial charge in [-0.05, 0) is 80.1 Å². The zero-order valence-electron chi connectivity index (χ0n) is 27.7. The van der Waals surface area contributed by atoms with Gasteiger partial charge in [-0.1, -0.05) is 52.4 Å². The van der Waals surface area contributed by atoms with Crippen LogP contribution in [0.5, 0.6) is 0 Å². The minimum absolute atomic E-state index is 0.198. The van der Waals surface area contributed by atoms with E-state index in [0.29, 0.717) is 45.4 Å². The van der Waals surface area contributed by atoms with Gasteiger partial charge in [-0.2, -0.15) is 0 Å². The Kier molecular flexibility index (Phi) is 25.3. The summed E-state index contributed by atoms with van der Waals surface area (Å²) in [6.45, 7) is 20.2. The number of unbranched alkanes of at least 4 members (excludes halogenated alkanes) is 6. The molecule has 40 heavy (non-hydrogen) atoms. The zero-order chi connectivity index (χ0) is 30.1. The van der Waals surface area contributed by atoms with Crippen molar-refractivity contribution in [2.75, 3.05) is 39.6 Å². The quantitative estimate of drug-likeness (QED) is 0.0599. The summed E-state index contributed by atoms with van der Waals surface area (Å²) in [7, 11) is -5.07. The van der Waals surface area contributed by atoms with Crippen molar-refractivity contribution in [2.45, 2.75) is 145 Å². The molecule has 0 aliphatic carbocycles. The van der Waals surface area contributed by atoms with Gasteiger partial charge in [0.1, 0.15) is 5.78 Å². The minimum atomic E-state index is -2.54. The Morgan fingerprint density at radius 1 is 0.450 bits per heavy atom. The van der Waals surface area contributed by atoms with Gasteiger partial charge in [0.25, 0.3) is 0 Å². The third-order valence-electron chi connectivity index (χ3n) is 7.55. The summed E-state index contributed by atoms with van der Waals surface area (Å²) in [5.74, 6) is 0.892. The number of Topliss-reactive ketones (excluding diaryl/α,β-unsaturated/α-hetero) is 1. The van der Waals surface area contributed by atoms with E-state index in [1.54, 1.807) is 0 Å². The highest BCUT2D eigenvalue weighted by Crippen LogP contribution is 2.27. The Labute approximate surface area is 250 Å². The molecule has 0 saturated carbocycles. The first-order valence-electron chi connectivity index (χ1n) is 16.7. The zero-order valence-corrected chi connectivity index (χ0v) is 29.7. The second-order valence-electron chi connectivity index (χ2n) is 10.5. The number of hydrogen-bond acceptors (Lipinski definition) is 7. The van der Waals surface area contributed by atoms with Gasteiger partial charge in [0.2, 0.25) is 0 Å². The van der Waals surface area contributed by atoms with E-state index < -0.39 is 17.6 Å². The van der Waals surface area contributed by atoms with E-state index in [1.165, 1.54) is 0 Å². The monoisotopic (exact) mass is 606 g/mol. The molecule has 2 atom stereocenters. The molecule has 0 aromatic heterocycles. The van der Waals surface area contributed by atoms with Gasteiger partial charge >= 0.3 is 17.6 Å². The summed E-state index contributed by atoms with van der Waals surface area (Å²) in [6.07, 6.45) is 12.8. The fourth-order valence-electron chi connectivity index (χ4n) is 5.60. The lowest BCUT2D eigenvalue weighted by atomic mass is 9.83. The van der Waals surface area contributed by atoms with Crippen LogP contribution in [0, 0.1) is 11.8 Å². The number of hydrogen-bond donors (Lipinski definition) is 0. The molecule has 0 aromatic carbocycles. The van der Waals surface area contributed by atoms with Crippen molar-refractivity contribution in [3.05, 3.63) is 0 Å². The molecule has 0 heterocycles. The van der Waals surface area contributed by atoms with Crippen LogP contribution in [0.15, 0.2) is 0 Å². The molecule has 240 valence electrons. The highest BCUT2D eigenvalue weighted by atomic mass is 28.4. The van der Waals surface area contributed by atoms with Crippen LogP contribution in [0.25, 0.3) is 0 Å².